The van der Waals surface area contributed by atoms with Crippen molar-refractivity contribution in [3.8, 4) is 11.5 Å². The van der Waals surface area contributed by atoms with Gasteiger partial charge in [-0.15, -0.1) is 11.8 Å². The smallest absolute Gasteiger partial charge is 0.244 e. The molecule has 2 heterocycles. The molecular weight excluding hydrogens is 394 g/mol. The Morgan fingerprint density at radius 3 is 2.68 bits per heavy atom. The number of para-hydroxylation sites is 2. The lowest BCUT2D eigenvalue weighted by atomic mass is 10.2. The summed E-state index contributed by atoms with van der Waals surface area (Å²) in [5.41, 5.74) is 2.61. The van der Waals surface area contributed by atoms with Gasteiger partial charge in [0, 0.05) is 11.0 Å². The first-order valence-electron chi connectivity index (χ1n) is 8.90. The van der Waals surface area contributed by atoms with Gasteiger partial charge in [-0.05, 0) is 30.7 Å². The fourth-order valence-electron chi connectivity index (χ4n) is 3.21. The predicted octanol–water partition coefficient (Wildman–Crippen LogP) is 4.03. The molecule has 2 aromatic carbocycles. The average molecular weight is 416 g/mol. The van der Waals surface area contributed by atoms with Crippen LogP contribution in [0.5, 0.6) is 11.5 Å². The van der Waals surface area contributed by atoms with E-state index in [0.717, 1.165) is 38.9 Å². The van der Waals surface area contributed by atoms with Gasteiger partial charge in [-0.1, -0.05) is 12.1 Å². The summed E-state index contributed by atoms with van der Waals surface area (Å²) in [6, 6.07) is 11.7. The second-order valence-corrected chi connectivity index (χ2v) is 7.99. The van der Waals surface area contributed by atoms with Gasteiger partial charge in [-0.3, -0.25) is 4.79 Å². The Balaban J connectivity index is 1.60. The van der Waals surface area contributed by atoms with Gasteiger partial charge in [0.2, 0.25) is 5.91 Å². The Morgan fingerprint density at radius 2 is 1.93 bits per heavy atom. The highest BCUT2D eigenvalue weighted by molar-refractivity contribution is 7.98. The van der Waals surface area contributed by atoms with E-state index in [0.29, 0.717) is 19.0 Å². The van der Waals surface area contributed by atoms with Crippen LogP contribution in [0.25, 0.3) is 11.0 Å². The number of carbonyl (C=O) groups excluding carboxylic acids is 1. The lowest BCUT2D eigenvalue weighted by Crippen LogP contribution is -2.21. The van der Waals surface area contributed by atoms with Crippen LogP contribution < -0.4 is 14.8 Å². The van der Waals surface area contributed by atoms with E-state index in [4.69, 9.17) is 9.47 Å². The molecule has 28 heavy (non-hydrogen) atoms. The zero-order chi connectivity index (χ0) is 19.5. The molecule has 4 rings (SSSR count). The van der Waals surface area contributed by atoms with Gasteiger partial charge in [0.25, 0.3) is 0 Å². The van der Waals surface area contributed by atoms with E-state index in [9.17, 15) is 4.79 Å². The van der Waals surface area contributed by atoms with E-state index in [-0.39, 0.29) is 12.5 Å². The zero-order valence-electron chi connectivity index (χ0n) is 15.7. The van der Waals surface area contributed by atoms with Crippen LogP contribution in [0.4, 0.5) is 5.69 Å². The van der Waals surface area contributed by atoms with E-state index in [1.54, 1.807) is 23.5 Å². The van der Waals surface area contributed by atoms with Crippen molar-refractivity contribution in [1.29, 1.82) is 0 Å². The van der Waals surface area contributed by atoms with Gasteiger partial charge >= 0.3 is 0 Å². The molecule has 0 saturated carbocycles. The molecule has 0 aliphatic carbocycles. The Morgan fingerprint density at radius 1 is 1.18 bits per heavy atom. The highest BCUT2D eigenvalue weighted by atomic mass is 32.2. The molecule has 3 aromatic rings. The lowest BCUT2D eigenvalue weighted by molar-refractivity contribution is -0.116. The maximum Gasteiger partial charge on any atom is 0.244 e. The molecule has 0 spiro atoms. The third-order valence-electron chi connectivity index (χ3n) is 4.45. The van der Waals surface area contributed by atoms with Crippen molar-refractivity contribution in [3.63, 3.8) is 0 Å². The molecular formula is C20H21N3O3S2. The van der Waals surface area contributed by atoms with E-state index in [1.807, 2.05) is 53.5 Å². The number of thioether (sulfide) groups is 2. The second-order valence-electron chi connectivity index (χ2n) is 6.28. The van der Waals surface area contributed by atoms with Crippen molar-refractivity contribution >= 4 is 46.2 Å². The van der Waals surface area contributed by atoms with Crippen LogP contribution in [0.1, 0.15) is 5.82 Å². The van der Waals surface area contributed by atoms with Crippen molar-refractivity contribution in [2.45, 2.75) is 17.2 Å². The Bertz CT molecular complexity index is 1020. The topological polar surface area (TPSA) is 65.4 Å². The maximum absolute atomic E-state index is 12.9. The van der Waals surface area contributed by atoms with Gasteiger partial charge < -0.3 is 19.4 Å². The molecule has 0 saturated heterocycles. The third-order valence-corrected chi connectivity index (χ3v) is 5.77. The van der Waals surface area contributed by atoms with Crippen LogP contribution in [0.15, 0.2) is 41.3 Å². The number of benzene rings is 2. The molecule has 6 nitrogen and oxygen atoms in total. The van der Waals surface area contributed by atoms with Crippen molar-refractivity contribution < 1.29 is 14.3 Å². The second kappa shape index (κ2) is 8.36. The van der Waals surface area contributed by atoms with E-state index in [2.05, 4.69) is 10.3 Å². The molecule has 146 valence electrons. The van der Waals surface area contributed by atoms with Gasteiger partial charge in [0.05, 0.1) is 22.5 Å². The molecule has 1 aliphatic rings. The summed E-state index contributed by atoms with van der Waals surface area (Å²) in [7, 11) is 0. The molecule has 0 fully saturated rings. The number of anilines is 1. The lowest BCUT2D eigenvalue weighted by Gasteiger charge is -2.21. The first-order chi connectivity index (χ1) is 13.7. The normalized spacial score (nSPS) is 12.9. The van der Waals surface area contributed by atoms with Gasteiger partial charge in [0.15, 0.2) is 11.5 Å². The zero-order valence-corrected chi connectivity index (χ0v) is 17.4. The van der Waals surface area contributed by atoms with Crippen LogP contribution in [0, 0.1) is 0 Å². The van der Waals surface area contributed by atoms with Gasteiger partial charge in [0.1, 0.15) is 25.6 Å². The summed E-state index contributed by atoms with van der Waals surface area (Å²) < 4.78 is 13.3. The first kappa shape index (κ1) is 19.0. The summed E-state index contributed by atoms with van der Waals surface area (Å²) in [6.07, 6.45) is 4.00. The molecule has 0 atom stereocenters. The molecule has 1 aliphatic heterocycles. The van der Waals surface area contributed by atoms with Crippen molar-refractivity contribution in [1.82, 2.24) is 9.55 Å². The average Bonchev–Trinajstić information content (AvgIpc) is 3.05. The summed E-state index contributed by atoms with van der Waals surface area (Å²) >= 11 is 3.25. The number of rotatable bonds is 6. The van der Waals surface area contributed by atoms with Gasteiger partial charge in [-0.2, -0.15) is 11.8 Å². The highest BCUT2D eigenvalue weighted by Crippen LogP contribution is 2.39. The Labute approximate surface area is 172 Å². The number of aromatic nitrogens is 2. The summed E-state index contributed by atoms with van der Waals surface area (Å²) in [6.45, 7) is 1.26. The summed E-state index contributed by atoms with van der Waals surface area (Å²) in [5, 5.41) is 3.03. The minimum atomic E-state index is -0.0996. The number of amides is 1. The summed E-state index contributed by atoms with van der Waals surface area (Å²) in [5.74, 6) is 2.93. The summed E-state index contributed by atoms with van der Waals surface area (Å²) in [4.78, 5) is 18.5. The SMILES string of the molecule is CSCc1nc2ccccc2n1CC(=O)Nc1cc2c(cc1SC)OCCO2. The van der Waals surface area contributed by atoms with Crippen LogP contribution in [0.3, 0.4) is 0 Å². The number of carbonyl (C=O) groups is 1. The van der Waals surface area contributed by atoms with Crippen LogP contribution in [-0.4, -0.2) is 41.2 Å². The minimum absolute atomic E-state index is 0.0996. The largest absolute Gasteiger partial charge is 0.486 e. The van der Waals surface area contributed by atoms with E-state index >= 15 is 0 Å². The third kappa shape index (κ3) is 3.79. The quantitative estimate of drug-likeness (QED) is 0.613. The Hall–Kier alpha value is -2.32. The number of fused-ring (bicyclic) bond motifs is 2. The molecule has 0 bridgehead atoms. The van der Waals surface area contributed by atoms with E-state index < -0.39 is 0 Å². The van der Waals surface area contributed by atoms with E-state index in [1.165, 1.54) is 0 Å². The number of hydrogen-bond donors (Lipinski definition) is 1. The fraction of sp³-hybridized carbons (Fsp3) is 0.300. The first-order valence-corrected chi connectivity index (χ1v) is 11.5. The standard InChI is InChI=1S/C20H21N3O3S2/c1-27-12-19-21-13-5-3-4-6-15(13)23(19)11-20(24)22-14-9-16-17(10-18(14)28-2)26-8-7-25-16/h3-6,9-10H,7-8,11-12H2,1-2H3,(H,22,24). The van der Waals surface area contributed by atoms with Crippen molar-refractivity contribution in [3.05, 3.63) is 42.2 Å². The van der Waals surface area contributed by atoms with Crippen molar-refractivity contribution in [2.24, 2.45) is 0 Å². The van der Waals surface area contributed by atoms with Crippen molar-refractivity contribution in [2.75, 3.05) is 31.0 Å². The number of hydrogen-bond acceptors (Lipinski definition) is 6. The minimum Gasteiger partial charge on any atom is -0.486 e. The molecule has 1 N–H and O–H groups in total. The Kier molecular flexibility index (Phi) is 5.68. The number of imidazole rings is 1. The molecule has 1 amide bonds. The number of nitrogens with one attached hydrogen (secondary N) is 1. The van der Waals surface area contributed by atoms with Gasteiger partial charge in [-0.25, -0.2) is 4.98 Å². The fourth-order valence-corrected chi connectivity index (χ4v) is 4.24. The molecule has 0 unspecified atom stereocenters. The molecule has 0 radical (unpaired) electrons. The molecule has 8 heteroatoms. The van der Waals surface area contributed by atoms with Crippen LogP contribution in [-0.2, 0) is 17.1 Å². The maximum atomic E-state index is 12.9. The number of ether oxygens (including phenoxy) is 2. The number of nitrogens with zero attached hydrogens (tertiary/aromatic N) is 2. The molecule has 1 aromatic heterocycles. The van der Waals surface area contributed by atoms with Crippen LogP contribution in [0.2, 0.25) is 0 Å². The predicted molar refractivity (Wildman–Crippen MR) is 115 cm³/mol. The highest BCUT2D eigenvalue weighted by Gasteiger charge is 2.18. The monoisotopic (exact) mass is 415 g/mol. The van der Waals surface area contributed by atoms with Crippen LogP contribution >= 0.6 is 23.5 Å².